The van der Waals surface area contributed by atoms with E-state index >= 15 is 0 Å². The molecular formula is C16H22N2O3. The normalized spacial score (nSPS) is 17.6. The Morgan fingerprint density at radius 2 is 2.05 bits per heavy atom. The first-order chi connectivity index (χ1) is 10.1. The Labute approximate surface area is 125 Å². The lowest BCUT2D eigenvalue weighted by atomic mass is 10.1. The molecule has 0 aromatic heterocycles. The van der Waals surface area contributed by atoms with Crippen LogP contribution in [0.3, 0.4) is 0 Å². The minimum absolute atomic E-state index is 0.0179. The highest BCUT2D eigenvalue weighted by Gasteiger charge is 2.23. The fourth-order valence-electron chi connectivity index (χ4n) is 2.47. The molecule has 5 nitrogen and oxygen atoms in total. The van der Waals surface area contributed by atoms with Crippen molar-refractivity contribution >= 4 is 11.8 Å². The predicted molar refractivity (Wildman–Crippen MR) is 79.3 cm³/mol. The number of hydrogen-bond donors (Lipinski definition) is 1. The Morgan fingerprint density at radius 1 is 1.29 bits per heavy atom. The van der Waals surface area contributed by atoms with Gasteiger partial charge in [0.2, 0.25) is 11.8 Å². The summed E-state index contributed by atoms with van der Waals surface area (Å²) in [5.74, 6) is -0.370. The second-order valence-electron chi connectivity index (χ2n) is 5.36. The Hall–Kier alpha value is -1.88. The Morgan fingerprint density at radius 3 is 2.67 bits per heavy atom. The van der Waals surface area contributed by atoms with Crippen molar-refractivity contribution in [2.75, 3.05) is 13.2 Å². The largest absolute Gasteiger partial charge is 0.378 e. The average Bonchev–Trinajstić information content (AvgIpc) is 2.97. The second kappa shape index (κ2) is 7.78. The van der Waals surface area contributed by atoms with Crippen LogP contribution in [-0.4, -0.2) is 36.0 Å². The van der Waals surface area contributed by atoms with Crippen molar-refractivity contribution < 1.29 is 14.3 Å². The number of carbonyl (C=O) groups excluding carboxylic acids is 2. The molecule has 1 heterocycles. The fourth-order valence-corrected chi connectivity index (χ4v) is 2.47. The van der Waals surface area contributed by atoms with E-state index in [1.165, 1.54) is 0 Å². The van der Waals surface area contributed by atoms with Crippen LogP contribution in [0.15, 0.2) is 30.3 Å². The number of carbonyl (C=O) groups is 2. The number of nitrogens with zero attached hydrogens (tertiary/aromatic N) is 1. The zero-order valence-electron chi connectivity index (χ0n) is 12.2. The number of amides is 2. The highest BCUT2D eigenvalue weighted by Crippen LogP contribution is 2.17. The Balaban J connectivity index is 1.96. The molecule has 0 unspecified atom stereocenters. The number of primary amides is 1. The van der Waals surface area contributed by atoms with Crippen LogP contribution < -0.4 is 5.73 Å². The fraction of sp³-hybridized carbons (Fsp3) is 0.500. The van der Waals surface area contributed by atoms with E-state index in [0.29, 0.717) is 19.5 Å². The number of benzene rings is 1. The van der Waals surface area contributed by atoms with Crippen LogP contribution in [0.25, 0.3) is 0 Å². The molecule has 0 spiro atoms. The predicted octanol–water partition coefficient (Wildman–Crippen LogP) is 1.46. The average molecular weight is 290 g/mol. The van der Waals surface area contributed by atoms with Crippen LogP contribution in [0.1, 0.15) is 31.2 Å². The summed E-state index contributed by atoms with van der Waals surface area (Å²) in [5.41, 5.74) is 6.24. The maximum absolute atomic E-state index is 12.4. The van der Waals surface area contributed by atoms with Gasteiger partial charge in [-0.3, -0.25) is 9.59 Å². The van der Waals surface area contributed by atoms with E-state index in [0.717, 1.165) is 25.0 Å². The highest BCUT2D eigenvalue weighted by atomic mass is 16.5. The quantitative estimate of drug-likeness (QED) is 0.826. The lowest BCUT2D eigenvalue weighted by Crippen LogP contribution is -2.35. The topological polar surface area (TPSA) is 72.6 Å². The summed E-state index contributed by atoms with van der Waals surface area (Å²) in [6.45, 7) is 1.59. The van der Waals surface area contributed by atoms with Crippen LogP contribution in [0.2, 0.25) is 0 Å². The molecule has 1 fully saturated rings. The molecule has 2 rings (SSSR count). The van der Waals surface area contributed by atoms with Gasteiger partial charge in [0, 0.05) is 26.1 Å². The molecule has 2 amide bonds. The summed E-state index contributed by atoms with van der Waals surface area (Å²) in [5, 5.41) is 0. The van der Waals surface area contributed by atoms with Crippen molar-refractivity contribution in [2.45, 2.75) is 38.3 Å². The van der Waals surface area contributed by atoms with E-state index in [2.05, 4.69) is 0 Å². The third kappa shape index (κ3) is 5.19. The van der Waals surface area contributed by atoms with Crippen molar-refractivity contribution in [1.29, 1.82) is 0 Å². The number of rotatable bonds is 7. The van der Waals surface area contributed by atoms with Gasteiger partial charge < -0.3 is 15.4 Å². The van der Waals surface area contributed by atoms with Crippen molar-refractivity contribution in [3.63, 3.8) is 0 Å². The lowest BCUT2D eigenvalue weighted by molar-refractivity contribution is -0.134. The summed E-state index contributed by atoms with van der Waals surface area (Å²) in [6.07, 6.45) is 2.53. The van der Waals surface area contributed by atoms with Gasteiger partial charge in [-0.1, -0.05) is 30.3 Å². The number of nitrogens with two attached hydrogens (primary N) is 1. The van der Waals surface area contributed by atoms with Crippen molar-refractivity contribution in [3.05, 3.63) is 35.9 Å². The van der Waals surface area contributed by atoms with Crippen LogP contribution in [0, 0.1) is 0 Å². The van der Waals surface area contributed by atoms with Crippen molar-refractivity contribution in [1.82, 2.24) is 4.90 Å². The summed E-state index contributed by atoms with van der Waals surface area (Å²) >= 11 is 0. The SMILES string of the molecule is NC(=O)CCN(Cc1ccccc1)C(=O)C[C@H]1CCCO1. The Bertz CT molecular complexity index is 470. The molecule has 5 heteroatoms. The van der Waals surface area contributed by atoms with Gasteiger partial charge in [-0.05, 0) is 18.4 Å². The molecular weight excluding hydrogens is 268 g/mol. The van der Waals surface area contributed by atoms with Gasteiger partial charge in [-0.2, -0.15) is 0 Å². The first-order valence-electron chi connectivity index (χ1n) is 7.37. The summed E-state index contributed by atoms with van der Waals surface area (Å²) < 4.78 is 5.51. The molecule has 2 N–H and O–H groups in total. The van der Waals surface area contributed by atoms with E-state index in [1.54, 1.807) is 4.90 Å². The molecule has 0 bridgehead atoms. The van der Waals surface area contributed by atoms with Crippen LogP contribution >= 0.6 is 0 Å². The van der Waals surface area contributed by atoms with E-state index in [-0.39, 0.29) is 18.4 Å². The van der Waals surface area contributed by atoms with Crippen LogP contribution in [0.5, 0.6) is 0 Å². The molecule has 1 aromatic rings. The lowest BCUT2D eigenvalue weighted by Gasteiger charge is -2.23. The molecule has 0 radical (unpaired) electrons. The summed E-state index contributed by atoms with van der Waals surface area (Å²) in [6, 6.07) is 9.75. The van der Waals surface area contributed by atoms with Crippen LogP contribution in [0.4, 0.5) is 0 Å². The van der Waals surface area contributed by atoms with Gasteiger partial charge in [-0.25, -0.2) is 0 Å². The first-order valence-corrected chi connectivity index (χ1v) is 7.37. The monoisotopic (exact) mass is 290 g/mol. The minimum atomic E-state index is -0.391. The molecule has 1 aliphatic heterocycles. The second-order valence-corrected chi connectivity index (χ2v) is 5.36. The number of hydrogen-bond acceptors (Lipinski definition) is 3. The maximum atomic E-state index is 12.4. The smallest absolute Gasteiger partial charge is 0.225 e. The molecule has 1 saturated heterocycles. The zero-order chi connectivity index (χ0) is 15.1. The van der Waals surface area contributed by atoms with E-state index in [4.69, 9.17) is 10.5 Å². The van der Waals surface area contributed by atoms with E-state index < -0.39 is 5.91 Å². The standard InChI is InChI=1S/C16H22N2O3/c17-15(19)8-9-18(12-13-5-2-1-3-6-13)16(20)11-14-7-4-10-21-14/h1-3,5-6,14H,4,7-12H2,(H2,17,19)/t14-/m1/s1. The molecule has 114 valence electrons. The first kappa shape index (κ1) is 15.5. The van der Waals surface area contributed by atoms with E-state index in [9.17, 15) is 9.59 Å². The molecule has 0 saturated carbocycles. The minimum Gasteiger partial charge on any atom is -0.378 e. The van der Waals surface area contributed by atoms with Gasteiger partial charge in [0.1, 0.15) is 0 Å². The maximum Gasteiger partial charge on any atom is 0.225 e. The van der Waals surface area contributed by atoms with Gasteiger partial charge in [0.25, 0.3) is 0 Å². The van der Waals surface area contributed by atoms with Crippen molar-refractivity contribution in [3.8, 4) is 0 Å². The van der Waals surface area contributed by atoms with Gasteiger partial charge in [0.15, 0.2) is 0 Å². The molecule has 1 atom stereocenters. The van der Waals surface area contributed by atoms with Gasteiger partial charge >= 0.3 is 0 Å². The van der Waals surface area contributed by atoms with Crippen molar-refractivity contribution in [2.24, 2.45) is 5.73 Å². The van der Waals surface area contributed by atoms with Crippen LogP contribution in [-0.2, 0) is 20.9 Å². The van der Waals surface area contributed by atoms with Gasteiger partial charge in [0.05, 0.1) is 12.5 Å². The number of ether oxygens (including phenoxy) is 1. The van der Waals surface area contributed by atoms with E-state index in [1.807, 2.05) is 30.3 Å². The molecule has 1 aliphatic rings. The Kier molecular flexibility index (Phi) is 5.75. The molecule has 0 aliphatic carbocycles. The zero-order valence-corrected chi connectivity index (χ0v) is 12.2. The summed E-state index contributed by atoms with van der Waals surface area (Å²) in [4.78, 5) is 25.1. The third-order valence-electron chi connectivity index (χ3n) is 3.62. The van der Waals surface area contributed by atoms with Gasteiger partial charge in [-0.15, -0.1) is 0 Å². The molecule has 21 heavy (non-hydrogen) atoms. The summed E-state index contributed by atoms with van der Waals surface area (Å²) in [7, 11) is 0. The highest BCUT2D eigenvalue weighted by molar-refractivity contribution is 5.78. The molecule has 1 aromatic carbocycles. The third-order valence-corrected chi connectivity index (χ3v) is 3.62.